The van der Waals surface area contributed by atoms with Crippen molar-refractivity contribution in [1.82, 2.24) is 24.9 Å². The van der Waals surface area contributed by atoms with E-state index in [1.165, 1.54) is 0 Å². The van der Waals surface area contributed by atoms with Gasteiger partial charge in [-0.05, 0) is 65.9 Å². The van der Waals surface area contributed by atoms with Crippen molar-refractivity contribution in [2.45, 2.75) is 31.8 Å². The number of imidazole rings is 1. The number of fused-ring (bicyclic) bond motifs is 1. The van der Waals surface area contributed by atoms with E-state index >= 15 is 0 Å². The van der Waals surface area contributed by atoms with E-state index in [2.05, 4.69) is 40.8 Å². The maximum Gasteiger partial charge on any atom is 0.306 e. The van der Waals surface area contributed by atoms with E-state index in [1.54, 1.807) is 18.6 Å². The molecule has 4 aromatic heterocycles. The Morgan fingerprint density at radius 1 is 1.00 bits per heavy atom. The van der Waals surface area contributed by atoms with Crippen LogP contribution in [-0.4, -0.2) is 42.1 Å². The van der Waals surface area contributed by atoms with Crippen molar-refractivity contribution in [2.24, 2.45) is 5.92 Å². The molecule has 32 heavy (non-hydrogen) atoms. The lowest BCUT2D eigenvalue weighted by Gasteiger charge is -2.26. The second kappa shape index (κ2) is 8.66. The number of carboxylic acids is 1. The number of aromatic amines is 1. The summed E-state index contributed by atoms with van der Waals surface area (Å²) in [4.78, 5) is 32.1. The number of hydrogen-bond acceptors (Lipinski definition) is 6. The second-order valence-corrected chi connectivity index (χ2v) is 8.77. The molecule has 0 aromatic carbocycles. The van der Waals surface area contributed by atoms with E-state index in [0.717, 1.165) is 39.7 Å². The van der Waals surface area contributed by atoms with E-state index in [-0.39, 0.29) is 12.0 Å². The Kier molecular flexibility index (Phi) is 5.57. The molecule has 0 atom stereocenters. The summed E-state index contributed by atoms with van der Waals surface area (Å²) in [6, 6.07) is 9.58. The van der Waals surface area contributed by atoms with E-state index in [4.69, 9.17) is 9.84 Å². The van der Waals surface area contributed by atoms with Gasteiger partial charge in [0.2, 0.25) is 5.88 Å². The molecule has 0 amide bonds. The molecule has 2 N–H and O–H groups in total. The van der Waals surface area contributed by atoms with Crippen LogP contribution in [0.4, 0.5) is 0 Å². The largest absolute Gasteiger partial charge is 0.481 e. The number of hydrogen-bond donors (Lipinski definition) is 2. The smallest absolute Gasteiger partial charge is 0.306 e. The number of rotatable bonds is 5. The predicted octanol–water partition coefficient (Wildman–Crippen LogP) is 4.87. The zero-order chi connectivity index (χ0) is 22.1. The fourth-order valence-corrected chi connectivity index (χ4v) is 4.25. The molecule has 4 aromatic rings. The second-order valence-electron chi connectivity index (χ2n) is 7.86. The average Bonchev–Trinajstić information content (AvgIpc) is 3.23. The van der Waals surface area contributed by atoms with Crippen LogP contribution < -0.4 is 4.74 Å². The first-order valence-electron chi connectivity index (χ1n) is 10.4. The van der Waals surface area contributed by atoms with Gasteiger partial charge in [0.25, 0.3) is 0 Å². The third kappa shape index (κ3) is 4.34. The van der Waals surface area contributed by atoms with Crippen molar-refractivity contribution in [3.05, 3.63) is 53.4 Å². The van der Waals surface area contributed by atoms with Crippen molar-refractivity contribution in [1.29, 1.82) is 0 Å². The molecule has 0 spiro atoms. The van der Waals surface area contributed by atoms with Crippen molar-refractivity contribution >= 4 is 33.1 Å². The van der Waals surface area contributed by atoms with Gasteiger partial charge in [-0.1, -0.05) is 0 Å². The summed E-state index contributed by atoms with van der Waals surface area (Å²) in [5.41, 5.74) is 4.06. The summed E-state index contributed by atoms with van der Waals surface area (Å²) in [7, 11) is 0. The number of pyridine rings is 3. The summed E-state index contributed by atoms with van der Waals surface area (Å²) in [6.07, 6.45) is 8.00. The number of carbonyl (C=O) groups is 1. The number of aliphatic carboxylic acids is 1. The highest BCUT2D eigenvalue weighted by Crippen LogP contribution is 2.28. The molecular formula is C23H20BrN5O3. The lowest BCUT2D eigenvalue weighted by Crippen LogP contribution is -2.28. The molecule has 1 saturated carbocycles. The van der Waals surface area contributed by atoms with Gasteiger partial charge in [0, 0.05) is 40.3 Å². The molecule has 0 unspecified atom stereocenters. The van der Waals surface area contributed by atoms with Gasteiger partial charge < -0.3 is 14.8 Å². The number of H-pyrrole nitrogens is 1. The highest BCUT2D eigenvalue weighted by Gasteiger charge is 2.27. The summed E-state index contributed by atoms with van der Waals surface area (Å²) in [5.74, 6) is 0.292. The summed E-state index contributed by atoms with van der Waals surface area (Å²) in [5, 5.41) is 9.11. The lowest BCUT2D eigenvalue weighted by molar-refractivity contribution is -0.143. The SMILES string of the molecule is O=C(O)C1CCC(Oc2ccc(-c3ccc(-c4nc5ncc(Br)cc5[nH]4)cn3)cn2)CC1. The number of aromatic nitrogens is 5. The Balaban J connectivity index is 1.25. The minimum Gasteiger partial charge on any atom is -0.481 e. The van der Waals surface area contributed by atoms with Crippen LogP contribution in [0.25, 0.3) is 33.8 Å². The van der Waals surface area contributed by atoms with Crippen molar-refractivity contribution in [3.8, 4) is 28.5 Å². The molecule has 0 aliphatic heterocycles. The first-order valence-corrected chi connectivity index (χ1v) is 11.2. The summed E-state index contributed by atoms with van der Waals surface area (Å²) < 4.78 is 6.83. The van der Waals surface area contributed by atoms with Crippen molar-refractivity contribution < 1.29 is 14.6 Å². The van der Waals surface area contributed by atoms with E-state index in [0.29, 0.717) is 30.2 Å². The Bertz CT molecular complexity index is 1250. The van der Waals surface area contributed by atoms with Crippen LogP contribution in [-0.2, 0) is 4.79 Å². The van der Waals surface area contributed by atoms with Gasteiger partial charge in [0.05, 0.1) is 17.1 Å². The lowest BCUT2D eigenvalue weighted by atomic mass is 9.87. The maximum absolute atomic E-state index is 11.1. The Morgan fingerprint density at radius 2 is 1.78 bits per heavy atom. The zero-order valence-electron chi connectivity index (χ0n) is 17.0. The number of nitrogens with one attached hydrogen (secondary N) is 1. The van der Waals surface area contributed by atoms with E-state index in [9.17, 15) is 4.79 Å². The topological polar surface area (TPSA) is 114 Å². The third-order valence-electron chi connectivity index (χ3n) is 5.68. The van der Waals surface area contributed by atoms with Crippen LogP contribution in [0.2, 0.25) is 0 Å². The summed E-state index contributed by atoms with van der Waals surface area (Å²) >= 11 is 3.41. The molecule has 0 saturated heterocycles. The highest BCUT2D eigenvalue weighted by molar-refractivity contribution is 9.10. The van der Waals surface area contributed by atoms with Crippen LogP contribution in [0, 0.1) is 5.92 Å². The fraction of sp³-hybridized carbons (Fsp3) is 0.261. The van der Waals surface area contributed by atoms with Crippen LogP contribution in [0.3, 0.4) is 0 Å². The quantitative estimate of drug-likeness (QED) is 0.407. The van der Waals surface area contributed by atoms with Crippen LogP contribution in [0.5, 0.6) is 5.88 Å². The minimum absolute atomic E-state index is 0.0141. The van der Waals surface area contributed by atoms with Gasteiger partial charge in [-0.25, -0.2) is 15.0 Å². The van der Waals surface area contributed by atoms with Crippen LogP contribution >= 0.6 is 15.9 Å². The van der Waals surface area contributed by atoms with Crippen LogP contribution in [0.15, 0.2) is 53.4 Å². The molecule has 0 radical (unpaired) electrons. The minimum atomic E-state index is -0.713. The highest BCUT2D eigenvalue weighted by atomic mass is 79.9. The summed E-state index contributed by atoms with van der Waals surface area (Å²) in [6.45, 7) is 0. The zero-order valence-corrected chi connectivity index (χ0v) is 18.6. The Hall–Kier alpha value is -3.33. The van der Waals surface area contributed by atoms with Gasteiger partial charge in [0.1, 0.15) is 11.9 Å². The Morgan fingerprint density at radius 3 is 2.47 bits per heavy atom. The molecule has 9 heteroatoms. The molecule has 4 heterocycles. The normalized spacial score (nSPS) is 18.5. The molecular weight excluding hydrogens is 474 g/mol. The van der Waals surface area contributed by atoms with Crippen molar-refractivity contribution in [3.63, 3.8) is 0 Å². The van der Waals surface area contributed by atoms with Gasteiger partial charge >= 0.3 is 5.97 Å². The van der Waals surface area contributed by atoms with Gasteiger partial charge in [-0.3, -0.25) is 9.78 Å². The number of carboxylic acid groups (broad SMARTS) is 1. The van der Waals surface area contributed by atoms with E-state index < -0.39 is 5.97 Å². The van der Waals surface area contributed by atoms with E-state index in [1.807, 2.05) is 30.3 Å². The molecule has 0 bridgehead atoms. The predicted molar refractivity (Wildman–Crippen MR) is 122 cm³/mol. The Labute approximate surface area is 192 Å². The molecule has 162 valence electrons. The number of halogens is 1. The molecule has 1 aliphatic carbocycles. The van der Waals surface area contributed by atoms with Gasteiger partial charge in [0.15, 0.2) is 5.65 Å². The molecule has 1 aliphatic rings. The monoisotopic (exact) mass is 493 g/mol. The maximum atomic E-state index is 11.1. The standard InChI is InChI=1S/C23H20BrN5O3/c24-16-9-19-22(27-12-16)29-21(28-19)15-3-7-18(25-11-15)14-4-8-20(26-10-14)32-17-5-1-13(2-6-17)23(30)31/h3-4,7-13,17H,1-2,5-6H2,(H,30,31)(H,27,28,29). The average molecular weight is 494 g/mol. The number of ether oxygens (including phenoxy) is 1. The van der Waals surface area contributed by atoms with Crippen molar-refractivity contribution in [2.75, 3.05) is 0 Å². The first-order chi connectivity index (χ1) is 15.5. The first kappa shape index (κ1) is 20.6. The van der Waals surface area contributed by atoms with Crippen LogP contribution in [0.1, 0.15) is 25.7 Å². The number of nitrogens with zero attached hydrogens (tertiary/aromatic N) is 4. The third-order valence-corrected chi connectivity index (χ3v) is 6.12. The van der Waals surface area contributed by atoms with Gasteiger partial charge in [-0.2, -0.15) is 0 Å². The fourth-order valence-electron chi connectivity index (χ4n) is 3.92. The molecule has 8 nitrogen and oxygen atoms in total. The molecule has 1 fully saturated rings. The van der Waals surface area contributed by atoms with Gasteiger partial charge in [-0.15, -0.1) is 0 Å². The molecule has 5 rings (SSSR count).